The Kier molecular flexibility index (Phi) is 3.37. The third-order valence-electron chi connectivity index (χ3n) is 5.16. The van der Waals surface area contributed by atoms with Crippen LogP contribution in [0.5, 0.6) is 0 Å². The fraction of sp³-hybridized carbons (Fsp3) is 0.136. The third-order valence-corrected chi connectivity index (χ3v) is 5.16. The molecule has 0 fully saturated rings. The molecule has 5 heteroatoms. The summed E-state index contributed by atoms with van der Waals surface area (Å²) in [6.07, 6.45) is 1.75. The van der Waals surface area contributed by atoms with Gasteiger partial charge in [0.05, 0.1) is 5.39 Å². The van der Waals surface area contributed by atoms with Gasteiger partial charge >= 0.3 is 0 Å². The van der Waals surface area contributed by atoms with Crippen LogP contribution in [-0.2, 0) is 0 Å². The SMILES string of the molecule is Cc1ccc(-c2nc3c4c(C)c(C)n(-c5ccccc5)c4ncn3n2)cc1. The Morgan fingerprint density at radius 1 is 0.815 bits per heavy atom. The number of hydrogen-bond donors (Lipinski definition) is 0. The molecule has 0 radical (unpaired) electrons. The van der Waals surface area contributed by atoms with Crippen molar-refractivity contribution >= 4 is 16.7 Å². The average molecular weight is 353 g/mol. The van der Waals surface area contributed by atoms with Crippen molar-refractivity contribution in [3.8, 4) is 17.1 Å². The topological polar surface area (TPSA) is 48.0 Å². The summed E-state index contributed by atoms with van der Waals surface area (Å²) >= 11 is 0. The first-order chi connectivity index (χ1) is 13.1. The van der Waals surface area contributed by atoms with Crippen molar-refractivity contribution in [3.63, 3.8) is 0 Å². The normalized spacial score (nSPS) is 11.5. The maximum atomic E-state index is 4.85. The molecule has 0 aliphatic rings. The van der Waals surface area contributed by atoms with Gasteiger partial charge in [-0.3, -0.25) is 4.57 Å². The number of nitrogens with zero attached hydrogens (tertiary/aromatic N) is 5. The van der Waals surface area contributed by atoms with E-state index in [9.17, 15) is 0 Å². The summed E-state index contributed by atoms with van der Waals surface area (Å²) in [6.45, 7) is 6.32. The lowest BCUT2D eigenvalue weighted by Gasteiger charge is -2.07. The Morgan fingerprint density at radius 3 is 2.30 bits per heavy atom. The van der Waals surface area contributed by atoms with Gasteiger partial charge in [-0.1, -0.05) is 48.0 Å². The second kappa shape index (κ2) is 5.77. The molecule has 0 unspecified atom stereocenters. The molecular weight excluding hydrogens is 334 g/mol. The van der Waals surface area contributed by atoms with Crippen molar-refractivity contribution in [2.75, 3.05) is 0 Å². The zero-order valence-electron chi connectivity index (χ0n) is 15.5. The van der Waals surface area contributed by atoms with Gasteiger partial charge in [0.25, 0.3) is 0 Å². The molecule has 5 aromatic rings. The van der Waals surface area contributed by atoms with Gasteiger partial charge < -0.3 is 0 Å². The van der Waals surface area contributed by atoms with Gasteiger partial charge in [-0.25, -0.2) is 14.5 Å². The van der Waals surface area contributed by atoms with Gasteiger partial charge in [0.15, 0.2) is 17.1 Å². The van der Waals surface area contributed by atoms with Crippen molar-refractivity contribution in [1.82, 2.24) is 24.1 Å². The Hall–Kier alpha value is -3.47. The van der Waals surface area contributed by atoms with E-state index in [2.05, 4.69) is 66.8 Å². The van der Waals surface area contributed by atoms with Gasteiger partial charge in [-0.05, 0) is 38.5 Å². The Bertz CT molecular complexity index is 1280. The van der Waals surface area contributed by atoms with Crippen LogP contribution in [0.4, 0.5) is 0 Å². The lowest BCUT2D eigenvalue weighted by atomic mass is 10.1. The molecule has 0 saturated carbocycles. The molecular formula is C22H19N5. The van der Waals surface area contributed by atoms with Gasteiger partial charge in [0, 0.05) is 16.9 Å². The molecule has 3 heterocycles. The summed E-state index contributed by atoms with van der Waals surface area (Å²) in [5.41, 5.74) is 7.42. The van der Waals surface area contributed by atoms with E-state index in [1.807, 2.05) is 18.2 Å². The third kappa shape index (κ3) is 2.35. The lowest BCUT2D eigenvalue weighted by Crippen LogP contribution is -1.98. The largest absolute Gasteiger partial charge is 0.298 e. The second-order valence-electron chi connectivity index (χ2n) is 6.89. The van der Waals surface area contributed by atoms with Crippen molar-refractivity contribution in [2.24, 2.45) is 0 Å². The number of hydrogen-bond acceptors (Lipinski definition) is 3. The van der Waals surface area contributed by atoms with Crippen LogP contribution >= 0.6 is 0 Å². The van der Waals surface area contributed by atoms with E-state index in [-0.39, 0.29) is 0 Å². The smallest absolute Gasteiger partial charge is 0.182 e. The molecule has 0 atom stereocenters. The summed E-state index contributed by atoms with van der Waals surface area (Å²) in [4.78, 5) is 9.56. The predicted molar refractivity (Wildman–Crippen MR) is 107 cm³/mol. The standard InChI is InChI=1S/C22H19N5/c1-14-9-11-17(12-10-14)20-24-22-19-15(2)16(3)27(18-7-5-4-6-8-18)21(19)23-13-26(22)25-20/h4-13H,1-3H3. The predicted octanol–water partition coefficient (Wildman–Crippen LogP) is 4.66. The highest BCUT2D eigenvalue weighted by Gasteiger charge is 2.19. The molecule has 0 aliphatic heterocycles. The lowest BCUT2D eigenvalue weighted by molar-refractivity contribution is 0.927. The monoisotopic (exact) mass is 353 g/mol. The molecule has 2 aromatic carbocycles. The molecule has 0 saturated heterocycles. The van der Waals surface area contributed by atoms with E-state index in [4.69, 9.17) is 9.97 Å². The van der Waals surface area contributed by atoms with Crippen molar-refractivity contribution in [3.05, 3.63) is 77.7 Å². The highest BCUT2D eigenvalue weighted by atomic mass is 15.3. The minimum absolute atomic E-state index is 0.716. The maximum Gasteiger partial charge on any atom is 0.182 e. The van der Waals surface area contributed by atoms with Crippen LogP contribution < -0.4 is 0 Å². The molecule has 0 N–H and O–H groups in total. The molecule has 0 spiro atoms. The molecule has 5 rings (SSSR count). The Balaban J connectivity index is 1.79. The van der Waals surface area contributed by atoms with Crippen LogP contribution in [0, 0.1) is 20.8 Å². The average Bonchev–Trinajstić information content (AvgIpc) is 3.22. The van der Waals surface area contributed by atoms with Crippen LogP contribution in [0.3, 0.4) is 0 Å². The summed E-state index contributed by atoms with van der Waals surface area (Å²) in [6, 6.07) is 18.6. The van der Waals surface area contributed by atoms with Gasteiger partial charge in [0.2, 0.25) is 0 Å². The molecule has 0 aliphatic carbocycles. The first kappa shape index (κ1) is 15.8. The number of para-hydroxylation sites is 1. The van der Waals surface area contributed by atoms with Crippen molar-refractivity contribution in [1.29, 1.82) is 0 Å². The number of aryl methyl sites for hydroxylation is 2. The van der Waals surface area contributed by atoms with E-state index >= 15 is 0 Å². The van der Waals surface area contributed by atoms with Crippen LogP contribution in [0.15, 0.2) is 60.9 Å². The fourth-order valence-electron chi connectivity index (χ4n) is 3.58. The van der Waals surface area contributed by atoms with Crippen LogP contribution in [0.2, 0.25) is 0 Å². The van der Waals surface area contributed by atoms with E-state index < -0.39 is 0 Å². The van der Waals surface area contributed by atoms with Gasteiger partial charge in [-0.2, -0.15) is 0 Å². The molecule has 5 nitrogen and oxygen atoms in total. The van der Waals surface area contributed by atoms with Crippen molar-refractivity contribution in [2.45, 2.75) is 20.8 Å². The number of benzene rings is 2. The summed E-state index contributed by atoms with van der Waals surface area (Å²) in [5.74, 6) is 0.716. The zero-order valence-corrected chi connectivity index (χ0v) is 15.5. The van der Waals surface area contributed by atoms with Gasteiger partial charge in [-0.15, -0.1) is 5.10 Å². The maximum absolute atomic E-state index is 4.85. The van der Waals surface area contributed by atoms with Crippen LogP contribution in [-0.4, -0.2) is 24.1 Å². The minimum atomic E-state index is 0.716. The number of rotatable bonds is 2. The second-order valence-corrected chi connectivity index (χ2v) is 6.89. The summed E-state index contributed by atoms with van der Waals surface area (Å²) in [5, 5.41) is 5.70. The zero-order chi connectivity index (χ0) is 18.5. The molecule has 27 heavy (non-hydrogen) atoms. The van der Waals surface area contributed by atoms with Crippen LogP contribution in [0.25, 0.3) is 33.8 Å². The van der Waals surface area contributed by atoms with Crippen LogP contribution in [0.1, 0.15) is 16.8 Å². The number of fused-ring (bicyclic) bond motifs is 3. The number of aromatic nitrogens is 5. The first-order valence-corrected chi connectivity index (χ1v) is 8.99. The quantitative estimate of drug-likeness (QED) is 0.464. The molecule has 3 aromatic heterocycles. The summed E-state index contributed by atoms with van der Waals surface area (Å²) < 4.78 is 3.96. The highest BCUT2D eigenvalue weighted by Crippen LogP contribution is 2.30. The van der Waals surface area contributed by atoms with Crippen molar-refractivity contribution < 1.29 is 0 Å². The molecule has 132 valence electrons. The Morgan fingerprint density at radius 2 is 1.56 bits per heavy atom. The summed E-state index contributed by atoms with van der Waals surface area (Å²) in [7, 11) is 0. The molecule has 0 amide bonds. The molecule has 0 bridgehead atoms. The minimum Gasteiger partial charge on any atom is -0.298 e. The Labute approximate surface area is 156 Å². The van der Waals surface area contributed by atoms with E-state index in [0.29, 0.717) is 5.82 Å². The fourth-order valence-corrected chi connectivity index (χ4v) is 3.58. The highest BCUT2D eigenvalue weighted by molar-refractivity contribution is 5.95. The van der Waals surface area contributed by atoms with E-state index in [1.165, 1.54) is 11.1 Å². The van der Waals surface area contributed by atoms with E-state index in [0.717, 1.165) is 33.6 Å². The van der Waals surface area contributed by atoms with E-state index in [1.54, 1.807) is 10.8 Å². The van der Waals surface area contributed by atoms with Gasteiger partial charge in [0.1, 0.15) is 6.33 Å². The first-order valence-electron chi connectivity index (χ1n) is 8.99.